The monoisotopic (exact) mass is 492 g/mol. The number of nitro groups is 1. The molecule has 0 radical (unpaired) electrons. The molecule has 0 saturated carbocycles. The van der Waals surface area contributed by atoms with Crippen LogP contribution in [0.15, 0.2) is 68.9 Å². The van der Waals surface area contributed by atoms with Gasteiger partial charge in [-0.2, -0.15) is 4.99 Å². The zero-order valence-electron chi connectivity index (χ0n) is 18.8. The Bertz CT molecular complexity index is 1380. The summed E-state index contributed by atoms with van der Waals surface area (Å²) in [6.45, 7) is 4.25. The van der Waals surface area contributed by atoms with Gasteiger partial charge in [-0.3, -0.25) is 14.9 Å². The van der Waals surface area contributed by atoms with Crippen LogP contribution in [0.25, 0.3) is 17.4 Å². The summed E-state index contributed by atoms with van der Waals surface area (Å²) in [6.07, 6.45) is 1.60. The summed E-state index contributed by atoms with van der Waals surface area (Å²) in [4.78, 5) is 32.1. The van der Waals surface area contributed by atoms with Crippen molar-refractivity contribution in [3.8, 4) is 11.3 Å². The third kappa shape index (κ3) is 4.69. The molecule has 1 aromatic heterocycles. The Hall–Kier alpha value is -3.92. The highest BCUT2D eigenvalue weighted by atomic mass is 32.2. The summed E-state index contributed by atoms with van der Waals surface area (Å²) >= 11 is 1.26. The number of rotatable bonds is 4. The molecule has 10 heteroatoms. The minimum Gasteiger partial charge on any atom is -0.456 e. The number of amidine groups is 1. The maximum Gasteiger partial charge on any atom is 0.286 e. The number of aliphatic imine (C=N–C) groups is 1. The van der Waals surface area contributed by atoms with E-state index in [1.807, 2.05) is 15.9 Å². The van der Waals surface area contributed by atoms with E-state index in [0.717, 1.165) is 5.56 Å². The maximum atomic E-state index is 14.1. The van der Waals surface area contributed by atoms with Crippen LogP contribution in [0.3, 0.4) is 0 Å². The number of furan rings is 1. The second-order valence-corrected chi connectivity index (χ2v) is 9.22. The van der Waals surface area contributed by atoms with Crippen LogP contribution >= 0.6 is 11.8 Å². The van der Waals surface area contributed by atoms with Crippen LogP contribution in [0.4, 0.5) is 15.8 Å². The van der Waals surface area contributed by atoms with Gasteiger partial charge in [0.1, 0.15) is 17.3 Å². The van der Waals surface area contributed by atoms with Crippen LogP contribution in [0, 0.1) is 22.9 Å². The van der Waals surface area contributed by atoms with E-state index in [2.05, 4.69) is 4.99 Å². The van der Waals surface area contributed by atoms with Gasteiger partial charge < -0.3 is 14.2 Å². The molecule has 3 aromatic rings. The lowest BCUT2D eigenvalue weighted by Crippen LogP contribution is -2.48. The smallest absolute Gasteiger partial charge is 0.286 e. The summed E-state index contributed by atoms with van der Waals surface area (Å²) in [5.41, 5.74) is 1.69. The predicted molar refractivity (Wildman–Crippen MR) is 134 cm³/mol. The molecule has 35 heavy (non-hydrogen) atoms. The van der Waals surface area contributed by atoms with Gasteiger partial charge in [0, 0.05) is 38.3 Å². The molecule has 0 unspecified atom stereocenters. The average molecular weight is 493 g/mol. The molecular weight excluding hydrogens is 471 g/mol. The molecule has 1 saturated heterocycles. The molecule has 0 bridgehead atoms. The maximum absolute atomic E-state index is 14.1. The number of piperazine rings is 1. The highest BCUT2D eigenvalue weighted by Crippen LogP contribution is 2.35. The van der Waals surface area contributed by atoms with E-state index in [4.69, 9.17) is 4.42 Å². The van der Waals surface area contributed by atoms with Crippen LogP contribution in [0.5, 0.6) is 0 Å². The Kier molecular flexibility index (Phi) is 6.12. The molecule has 2 aliphatic heterocycles. The molecule has 1 fully saturated rings. The molecule has 5 rings (SSSR count). The molecule has 3 heterocycles. The number of nitro benzene ring substituents is 1. The fourth-order valence-corrected chi connectivity index (χ4v) is 5.03. The van der Waals surface area contributed by atoms with Gasteiger partial charge in [0.15, 0.2) is 5.17 Å². The second-order valence-electron chi connectivity index (χ2n) is 8.22. The fraction of sp³-hybridized carbons (Fsp3) is 0.200. The van der Waals surface area contributed by atoms with Crippen LogP contribution in [-0.4, -0.2) is 47.1 Å². The molecule has 2 aliphatic rings. The van der Waals surface area contributed by atoms with Gasteiger partial charge in [0.2, 0.25) is 0 Å². The largest absolute Gasteiger partial charge is 0.456 e. The first-order chi connectivity index (χ1) is 16.9. The number of hydrogen-bond donors (Lipinski definition) is 0. The number of halogens is 1. The van der Waals surface area contributed by atoms with Crippen molar-refractivity contribution in [1.29, 1.82) is 0 Å². The average Bonchev–Trinajstić information content (AvgIpc) is 3.46. The number of carbonyl (C=O) groups is 1. The van der Waals surface area contributed by atoms with Gasteiger partial charge in [-0.25, -0.2) is 4.39 Å². The zero-order valence-corrected chi connectivity index (χ0v) is 19.6. The number of amides is 1. The predicted octanol–water partition coefficient (Wildman–Crippen LogP) is 5.09. The molecular formula is C25H21FN4O4S. The van der Waals surface area contributed by atoms with E-state index in [-0.39, 0.29) is 17.4 Å². The number of nitrogens with zero attached hydrogens (tertiary/aromatic N) is 4. The summed E-state index contributed by atoms with van der Waals surface area (Å²) in [7, 11) is 0. The van der Waals surface area contributed by atoms with Gasteiger partial charge in [-0.15, -0.1) is 0 Å². The van der Waals surface area contributed by atoms with Crippen LogP contribution in [-0.2, 0) is 4.79 Å². The molecule has 2 aromatic carbocycles. The molecule has 0 atom stereocenters. The number of carbonyl (C=O) groups excluding carboxylic acids is 1. The number of anilines is 1. The summed E-state index contributed by atoms with van der Waals surface area (Å²) in [5, 5.41) is 12.0. The summed E-state index contributed by atoms with van der Waals surface area (Å²) < 4.78 is 19.9. The van der Waals surface area contributed by atoms with Crippen molar-refractivity contribution in [2.45, 2.75) is 6.92 Å². The molecule has 0 N–H and O–H groups in total. The minimum atomic E-state index is -0.439. The van der Waals surface area contributed by atoms with Crippen LogP contribution < -0.4 is 4.90 Å². The first-order valence-corrected chi connectivity index (χ1v) is 11.8. The number of benzene rings is 2. The van der Waals surface area contributed by atoms with E-state index in [1.165, 1.54) is 23.9 Å². The Morgan fingerprint density at radius 3 is 2.57 bits per heavy atom. The number of hydrogen-bond acceptors (Lipinski definition) is 7. The normalized spacial score (nSPS) is 17.3. The molecule has 178 valence electrons. The van der Waals surface area contributed by atoms with Crippen molar-refractivity contribution in [3.63, 3.8) is 0 Å². The van der Waals surface area contributed by atoms with E-state index in [9.17, 15) is 19.3 Å². The quantitative estimate of drug-likeness (QED) is 0.284. The lowest BCUT2D eigenvalue weighted by molar-refractivity contribution is -0.384. The van der Waals surface area contributed by atoms with E-state index in [0.29, 0.717) is 59.0 Å². The lowest BCUT2D eigenvalue weighted by atomic mass is 10.1. The van der Waals surface area contributed by atoms with Gasteiger partial charge in [-0.05, 0) is 54.6 Å². The molecule has 0 spiro atoms. The first-order valence-electron chi connectivity index (χ1n) is 11.0. The Morgan fingerprint density at radius 1 is 1.09 bits per heavy atom. The molecule has 8 nitrogen and oxygen atoms in total. The van der Waals surface area contributed by atoms with Crippen LogP contribution in [0.2, 0.25) is 0 Å². The zero-order chi connectivity index (χ0) is 24.5. The SMILES string of the molecule is Cc1ccc(-c2ccc(/C=C3/SC(N4CCN(c5ccccc5F)CC4)=NC3=O)o2)c([N+](=O)[O-])c1. The first kappa shape index (κ1) is 22.9. The number of thioether (sulfide) groups is 1. The Balaban J connectivity index is 1.27. The van der Waals surface area contributed by atoms with Crippen molar-refractivity contribution < 1.29 is 18.5 Å². The third-order valence-electron chi connectivity index (χ3n) is 5.87. The highest BCUT2D eigenvalue weighted by Gasteiger charge is 2.29. The van der Waals surface area contributed by atoms with E-state index in [1.54, 1.807) is 49.4 Å². The standard InChI is InChI=1S/C25H21FN4O4S/c1-16-6-8-18(21(14-16)30(32)33)22-9-7-17(34-22)15-23-24(31)27-25(35-23)29-12-10-28(11-13-29)20-5-3-2-4-19(20)26/h2-9,14-15H,10-13H2,1H3/b23-15+. The Labute approximate surface area is 204 Å². The minimum absolute atomic E-state index is 0.0370. The van der Waals surface area contributed by atoms with Crippen molar-refractivity contribution >= 4 is 40.3 Å². The third-order valence-corrected chi connectivity index (χ3v) is 6.91. The number of aryl methyl sites for hydroxylation is 1. The van der Waals surface area contributed by atoms with Crippen LogP contribution in [0.1, 0.15) is 11.3 Å². The Morgan fingerprint density at radius 2 is 1.83 bits per heavy atom. The van der Waals surface area contributed by atoms with Gasteiger partial charge in [-0.1, -0.05) is 18.2 Å². The molecule has 1 amide bonds. The van der Waals surface area contributed by atoms with Crippen molar-refractivity contribution in [2.75, 3.05) is 31.1 Å². The van der Waals surface area contributed by atoms with Crippen molar-refractivity contribution in [3.05, 3.63) is 86.8 Å². The van der Waals surface area contributed by atoms with Crippen molar-refractivity contribution in [2.24, 2.45) is 4.99 Å². The second kappa shape index (κ2) is 9.38. The summed E-state index contributed by atoms with van der Waals surface area (Å²) in [5.74, 6) is 0.152. The van der Waals surface area contributed by atoms with Gasteiger partial charge in [0.05, 0.1) is 21.1 Å². The summed E-state index contributed by atoms with van der Waals surface area (Å²) in [6, 6.07) is 15.0. The number of para-hydroxylation sites is 1. The topological polar surface area (TPSA) is 92.2 Å². The fourth-order valence-electron chi connectivity index (χ4n) is 4.09. The highest BCUT2D eigenvalue weighted by molar-refractivity contribution is 8.18. The van der Waals surface area contributed by atoms with E-state index < -0.39 is 4.92 Å². The van der Waals surface area contributed by atoms with Gasteiger partial charge in [0.25, 0.3) is 11.6 Å². The molecule has 0 aliphatic carbocycles. The van der Waals surface area contributed by atoms with Gasteiger partial charge >= 0.3 is 0 Å². The lowest BCUT2D eigenvalue weighted by Gasteiger charge is -2.36. The van der Waals surface area contributed by atoms with E-state index >= 15 is 0 Å². The van der Waals surface area contributed by atoms with Crippen molar-refractivity contribution in [1.82, 2.24) is 4.90 Å².